The largest absolute Gasteiger partial charge is 0.340 e. The molecular weight excluding hydrogens is 1100 g/mol. The molecule has 86 heavy (non-hydrogen) atoms. The van der Waals surface area contributed by atoms with Gasteiger partial charge in [0.05, 0.1) is 28.2 Å². The third-order valence-electron chi connectivity index (χ3n) is 16.8. The Morgan fingerprint density at radius 3 is 1.34 bits per heavy atom. The molecule has 1 aliphatic carbocycles. The highest BCUT2D eigenvalue weighted by atomic mass is 35.7. The van der Waals surface area contributed by atoms with Gasteiger partial charge in [-0.2, -0.15) is 4.58 Å². The smallest absolute Gasteiger partial charge is 0.221 e. The second kappa shape index (κ2) is 25.0. The molecule has 10 heteroatoms. The van der Waals surface area contributed by atoms with Crippen molar-refractivity contribution in [1.29, 1.82) is 0 Å². The fraction of sp³-hybridized carbons (Fsp3) is 0.145. The lowest BCUT2D eigenvalue weighted by atomic mass is 9.86. The van der Waals surface area contributed by atoms with E-state index in [1.54, 1.807) is 0 Å². The Balaban J connectivity index is 0.00000139. The van der Waals surface area contributed by atoms with Crippen molar-refractivity contribution in [2.75, 3.05) is 6.54 Å². The Morgan fingerprint density at radius 1 is 0.488 bits per heavy atom. The standard InChI is InChI=1S/C76H66ClN4.ClHO4/c1-5-78-64-44-25-21-40-58(64)68(73(78)54-30-13-9-14-31-54)62(69-59-41-22-26-45-65(59)79(6-2)74(69)55-32-15-10-16-33-55)50-48-52-38-29-39-53(72(52)77)49-51-63(70-60-42-23-27-46-66(60)80(7-3)75(70)56-34-17-11-18-35-56)71-61-43-24-28-47-67(61)81(8-4)76(71)57-36-19-12-20-37-57;2-1(3,4)5/h9-28,30-37,40-51H,5-8,29,38-39H2,1-4H3;(H,2,3,4,5)/q+1;/p-1. The summed E-state index contributed by atoms with van der Waals surface area (Å²) < 4.78 is 44.0. The van der Waals surface area contributed by atoms with E-state index in [0.29, 0.717) is 0 Å². The summed E-state index contributed by atoms with van der Waals surface area (Å²) in [6.45, 7) is 12.4. The number of aromatic nitrogens is 3. The lowest BCUT2D eigenvalue weighted by molar-refractivity contribution is -2.00. The number of allylic oxidation sites excluding steroid dienone is 9. The summed E-state index contributed by atoms with van der Waals surface area (Å²) in [5, 5.41) is 4.51. The molecule has 428 valence electrons. The Labute approximate surface area is 510 Å². The van der Waals surface area contributed by atoms with E-state index in [0.717, 1.165) is 61.6 Å². The van der Waals surface area contributed by atoms with Crippen LogP contribution in [0.4, 0.5) is 5.69 Å². The number of hydrogen-bond donors (Lipinski definition) is 0. The summed E-state index contributed by atoms with van der Waals surface area (Å²) in [6, 6.07) is 79.8. The van der Waals surface area contributed by atoms with Crippen LogP contribution < -0.4 is 18.6 Å². The van der Waals surface area contributed by atoms with E-state index in [9.17, 15) is 0 Å². The van der Waals surface area contributed by atoms with Crippen molar-refractivity contribution < 1.29 is 33.5 Å². The maximum atomic E-state index is 8.49. The average Bonchev–Trinajstić information content (AvgIpc) is 1.65. The lowest BCUT2D eigenvalue weighted by Crippen LogP contribution is -2.68. The van der Waals surface area contributed by atoms with Crippen LogP contribution in [0.25, 0.3) is 83.2 Å². The van der Waals surface area contributed by atoms with Crippen molar-refractivity contribution >= 4 is 72.4 Å². The zero-order valence-electron chi connectivity index (χ0n) is 48.7. The quantitative estimate of drug-likeness (QED) is 0.101. The van der Waals surface area contributed by atoms with Gasteiger partial charge in [-0.25, -0.2) is 18.6 Å². The molecule has 0 unspecified atom stereocenters. The first-order valence-corrected chi connectivity index (χ1v) is 31.3. The zero-order chi connectivity index (χ0) is 59.5. The van der Waals surface area contributed by atoms with Crippen LogP contribution in [0.15, 0.2) is 259 Å². The molecule has 8 nitrogen and oxygen atoms in total. The van der Waals surface area contributed by atoms with E-state index >= 15 is 0 Å². The van der Waals surface area contributed by atoms with Gasteiger partial charge in [-0.15, -0.1) is 10.2 Å². The molecule has 13 rings (SSSR count). The van der Waals surface area contributed by atoms with Crippen molar-refractivity contribution in [2.45, 2.75) is 66.6 Å². The van der Waals surface area contributed by atoms with E-state index in [-0.39, 0.29) is 0 Å². The molecule has 0 fully saturated rings. The average molecular weight is 1170 g/mol. The third-order valence-corrected chi connectivity index (χ3v) is 17.3. The highest BCUT2D eigenvalue weighted by molar-refractivity contribution is 6.39. The summed E-state index contributed by atoms with van der Waals surface area (Å²) in [5.41, 5.74) is 25.3. The molecule has 0 saturated heterocycles. The van der Waals surface area contributed by atoms with Gasteiger partial charge in [0.2, 0.25) is 11.4 Å². The van der Waals surface area contributed by atoms with Gasteiger partial charge < -0.3 is 13.7 Å². The van der Waals surface area contributed by atoms with Crippen molar-refractivity contribution in [3.8, 4) is 33.8 Å². The number of benzene rings is 8. The summed E-state index contributed by atoms with van der Waals surface area (Å²) in [7, 11) is -4.94. The minimum Gasteiger partial charge on any atom is -0.340 e. The van der Waals surface area contributed by atoms with Crippen LogP contribution in [0.3, 0.4) is 0 Å². The van der Waals surface area contributed by atoms with Gasteiger partial charge in [0.25, 0.3) is 0 Å². The van der Waals surface area contributed by atoms with Crippen LogP contribution in [-0.4, -0.2) is 30.5 Å². The maximum Gasteiger partial charge on any atom is 0.221 e. The van der Waals surface area contributed by atoms with Crippen molar-refractivity contribution in [3.05, 3.63) is 287 Å². The van der Waals surface area contributed by atoms with E-state index in [4.69, 9.17) is 30.2 Å². The normalized spacial score (nSPS) is 14.6. The van der Waals surface area contributed by atoms with Gasteiger partial charge in [0, 0.05) is 85.7 Å². The van der Waals surface area contributed by atoms with E-state index in [2.05, 4.69) is 289 Å². The number of halogens is 2. The van der Waals surface area contributed by atoms with E-state index in [1.165, 1.54) is 122 Å². The van der Waals surface area contributed by atoms with Crippen LogP contribution >= 0.6 is 11.6 Å². The predicted octanol–water partition coefficient (Wildman–Crippen LogP) is 15.2. The Hall–Kier alpha value is -8.83. The van der Waals surface area contributed by atoms with Crippen molar-refractivity contribution in [2.24, 2.45) is 0 Å². The topological polar surface area (TPSA) is 110 Å². The number of rotatable bonds is 14. The van der Waals surface area contributed by atoms with Crippen LogP contribution in [0.2, 0.25) is 0 Å². The molecule has 0 atom stereocenters. The number of para-hydroxylation sites is 4. The number of nitrogens with zero attached hydrogens (tertiary/aromatic N) is 4. The zero-order valence-corrected chi connectivity index (χ0v) is 50.2. The first-order valence-electron chi connectivity index (χ1n) is 29.7. The molecular formula is C76H66Cl2N4O4. The molecule has 8 aromatic carbocycles. The summed E-state index contributed by atoms with van der Waals surface area (Å²) in [6.07, 6.45) is 12.3. The second-order valence-corrected chi connectivity index (χ2v) is 22.6. The highest BCUT2D eigenvalue weighted by Crippen LogP contribution is 2.50. The van der Waals surface area contributed by atoms with Gasteiger partial charge in [0.15, 0.2) is 0 Å². The van der Waals surface area contributed by atoms with Gasteiger partial charge in [0.1, 0.15) is 6.54 Å². The molecule has 2 aliphatic rings. The Bertz CT molecular complexity index is 4380. The van der Waals surface area contributed by atoms with Crippen molar-refractivity contribution in [1.82, 2.24) is 13.7 Å². The molecule has 11 aromatic rings. The van der Waals surface area contributed by atoms with Gasteiger partial charge >= 0.3 is 0 Å². The Morgan fingerprint density at radius 2 is 0.884 bits per heavy atom. The Kier molecular flexibility index (Phi) is 16.8. The fourth-order valence-electron chi connectivity index (χ4n) is 13.4. The highest BCUT2D eigenvalue weighted by Gasteiger charge is 2.38. The fourth-order valence-corrected chi connectivity index (χ4v) is 13.7. The molecule has 0 spiro atoms. The molecule has 0 N–H and O–H groups in total. The minimum absolute atomic E-state index is 0.822. The molecule has 0 bridgehead atoms. The SMILES string of the molecule is CCn1c(-c2ccccc2)c(C(=C/C=C2\CCCC(/C=C/C(=C3\C(c4ccccc4)=[N+](CC)c4ccccc43)c3c(-c4ccccc4)n(CC)c4ccccc34)=C2Cl)c2c(-c3ccccc3)n(CC)c3ccccc23)c2ccccc21.[O-][Cl+3]([O-])([O-])[O-]. The van der Waals surface area contributed by atoms with Crippen LogP contribution in [-0.2, 0) is 19.6 Å². The minimum atomic E-state index is -4.94. The van der Waals surface area contributed by atoms with Gasteiger partial charge in [-0.1, -0.05) is 212 Å². The van der Waals surface area contributed by atoms with Crippen LogP contribution in [0.1, 0.15) is 74.8 Å². The predicted molar refractivity (Wildman–Crippen MR) is 344 cm³/mol. The first kappa shape index (κ1) is 57.6. The maximum absolute atomic E-state index is 8.49. The molecule has 3 aromatic heterocycles. The number of hydrogen-bond acceptors (Lipinski definition) is 4. The van der Waals surface area contributed by atoms with Gasteiger partial charge in [-0.05, 0) is 122 Å². The molecule has 0 amide bonds. The number of fused-ring (bicyclic) bond motifs is 4. The summed E-state index contributed by atoms with van der Waals surface area (Å²) >= 11 is 8.00. The summed E-state index contributed by atoms with van der Waals surface area (Å²) in [4.78, 5) is 0. The lowest BCUT2D eigenvalue weighted by Gasteiger charge is -2.19. The van der Waals surface area contributed by atoms with Crippen molar-refractivity contribution in [3.63, 3.8) is 0 Å². The second-order valence-electron chi connectivity index (χ2n) is 21.5. The molecule has 0 saturated carbocycles. The molecule has 0 radical (unpaired) electrons. The number of aryl methyl sites for hydroxylation is 3. The molecule has 1 aliphatic heterocycles. The third kappa shape index (κ3) is 10.9. The monoisotopic (exact) mass is 1170 g/mol. The molecule has 4 heterocycles. The first-order chi connectivity index (χ1) is 42.0. The summed E-state index contributed by atoms with van der Waals surface area (Å²) in [5.74, 6) is 0. The van der Waals surface area contributed by atoms with E-state index < -0.39 is 10.2 Å². The van der Waals surface area contributed by atoms with E-state index in [1.807, 2.05) is 0 Å². The van der Waals surface area contributed by atoms with Gasteiger partial charge in [-0.3, -0.25) is 0 Å². The van der Waals surface area contributed by atoms with Crippen LogP contribution in [0.5, 0.6) is 0 Å². The van der Waals surface area contributed by atoms with Crippen LogP contribution in [0, 0.1) is 10.2 Å².